The molecule has 8 heteroatoms. The Balaban J connectivity index is 1.79. The van der Waals surface area contributed by atoms with Crippen molar-refractivity contribution >= 4 is 22.7 Å². The first-order valence-electron chi connectivity index (χ1n) is 10.6. The summed E-state index contributed by atoms with van der Waals surface area (Å²) in [5.41, 5.74) is 2.03. The number of amides is 2. The first-order valence-corrected chi connectivity index (χ1v) is 10.6. The Kier molecular flexibility index (Phi) is 7.12. The van der Waals surface area contributed by atoms with Gasteiger partial charge in [-0.3, -0.25) is 9.59 Å². The summed E-state index contributed by atoms with van der Waals surface area (Å²) in [6.07, 6.45) is 1.72. The molecule has 0 radical (unpaired) electrons. The first-order chi connectivity index (χ1) is 14.4. The predicted molar refractivity (Wildman–Crippen MR) is 115 cm³/mol. The normalized spacial score (nSPS) is 22.1. The second kappa shape index (κ2) is 9.59. The molecule has 0 saturated carbocycles. The van der Waals surface area contributed by atoms with Crippen LogP contribution in [0.2, 0.25) is 0 Å². The molecule has 0 aliphatic carbocycles. The van der Waals surface area contributed by atoms with Gasteiger partial charge in [-0.15, -0.1) is 0 Å². The van der Waals surface area contributed by atoms with Gasteiger partial charge in [0.1, 0.15) is 6.04 Å². The third-order valence-corrected chi connectivity index (χ3v) is 6.02. The van der Waals surface area contributed by atoms with Gasteiger partial charge in [0.15, 0.2) is 0 Å². The van der Waals surface area contributed by atoms with Gasteiger partial charge >= 0.3 is 0 Å². The van der Waals surface area contributed by atoms with E-state index in [2.05, 4.69) is 15.6 Å². The fourth-order valence-corrected chi connectivity index (χ4v) is 4.22. The number of nitrogens with one attached hydrogen (secondary N) is 3. The van der Waals surface area contributed by atoms with Crippen molar-refractivity contribution in [2.45, 2.75) is 63.4 Å². The van der Waals surface area contributed by atoms with E-state index in [1.807, 2.05) is 37.4 Å². The molecule has 2 amide bonds. The number of aromatic amines is 1. The van der Waals surface area contributed by atoms with Crippen LogP contribution in [-0.2, 0) is 16.0 Å². The Morgan fingerprint density at radius 1 is 1.33 bits per heavy atom. The molecule has 0 bridgehead atoms. The number of hydrogen-bond donors (Lipinski definition) is 5. The SMILES string of the molecule is CC[C@H](NC)C(=O)N[C@H](C(=O)N1CCC(O)[C@@H]1Cc1c[nH]c2ccccc12)C(C)O. The van der Waals surface area contributed by atoms with Gasteiger partial charge in [0.05, 0.1) is 24.3 Å². The van der Waals surface area contributed by atoms with Crippen molar-refractivity contribution in [2.75, 3.05) is 13.6 Å². The molecule has 5 N–H and O–H groups in total. The number of aromatic nitrogens is 1. The molecule has 1 aliphatic heterocycles. The lowest BCUT2D eigenvalue weighted by atomic mass is 10.0. The van der Waals surface area contributed by atoms with Crippen molar-refractivity contribution in [1.82, 2.24) is 20.5 Å². The van der Waals surface area contributed by atoms with E-state index < -0.39 is 30.3 Å². The molecule has 2 aromatic rings. The lowest BCUT2D eigenvalue weighted by Crippen LogP contribution is -2.58. The molecule has 1 fully saturated rings. The molecule has 5 atom stereocenters. The van der Waals surface area contributed by atoms with Crippen molar-refractivity contribution < 1.29 is 19.8 Å². The Hall–Kier alpha value is -2.42. The highest BCUT2D eigenvalue weighted by atomic mass is 16.3. The molecule has 1 saturated heterocycles. The van der Waals surface area contributed by atoms with Crippen molar-refractivity contribution in [1.29, 1.82) is 0 Å². The molecule has 164 valence electrons. The summed E-state index contributed by atoms with van der Waals surface area (Å²) in [6.45, 7) is 3.74. The van der Waals surface area contributed by atoms with E-state index in [0.29, 0.717) is 25.8 Å². The summed E-state index contributed by atoms with van der Waals surface area (Å²) in [7, 11) is 1.68. The summed E-state index contributed by atoms with van der Waals surface area (Å²) < 4.78 is 0. The smallest absolute Gasteiger partial charge is 0.248 e. The van der Waals surface area contributed by atoms with Crippen LogP contribution >= 0.6 is 0 Å². The van der Waals surface area contributed by atoms with Gasteiger partial charge in [-0.2, -0.15) is 0 Å². The zero-order valence-corrected chi connectivity index (χ0v) is 17.8. The average molecular weight is 417 g/mol. The molecule has 2 heterocycles. The fraction of sp³-hybridized carbons (Fsp3) is 0.545. The number of nitrogens with zero attached hydrogens (tertiary/aromatic N) is 1. The van der Waals surface area contributed by atoms with Crippen LogP contribution in [0.25, 0.3) is 10.9 Å². The Labute approximate surface area is 176 Å². The standard InChI is InChI=1S/C22H32N4O4/c1-4-16(23-3)21(29)25-20(13(2)27)22(30)26-10-9-19(28)18(26)11-14-12-24-17-8-6-5-7-15(14)17/h5-8,12-13,16,18-20,23-24,27-28H,4,9-11H2,1-3H3,(H,25,29)/t13?,16-,18-,19?,20-/m0/s1. The maximum atomic E-state index is 13.3. The van der Waals surface area contributed by atoms with Crippen molar-refractivity contribution in [3.63, 3.8) is 0 Å². The molecular weight excluding hydrogens is 384 g/mol. The van der Waals surface area contributed by atoms with Crippen LogP contribution in [0.4, 0.5) is 0 Å². The highest BCUT2D eigenvalue weighted by Crippen LogP contribution is 2.27. The lowest BCUT2D eigenvalue weighted by molar-refractivity contribution is -0.141. The molecule has 1 aromatic heterocycles. The first kappa shape index (κ1) is 22.3. The number of likely N-dealkylation sites (N-methyl/N-ethyl adjacent to an activating group) is 1. The van der Waals surface area contributed by atoms with Crippen LogP contribution in [0.1, 0.15) is 32.3 Å². The van der Waals surface area contributed by atoms with Crippen LogP contribution in [0.3, 0.4) is 0 Å². The third-order valence-electron chi connectivity index (χ3n) is 6.02. The Bertz CT molecular complexity index is 877. The second-order valence-electron chi connectivity index (χ2n) is 7.99. The van der Waals surface area contributed by atoms with Crippen molar-refractivity contribution in [3.8, 4) is 0 Å². The number of para-hydroxylation sites is 1. The molecule has 3 rings (SSSR count). The number of carbonyl (C=O) groups excluding carboxylic acids is 2. The minimum absolute atomic E-state index is 0.327. The fourth-order valence-electron chi connectivity index (χ4n) is 4.22. The van der Waals surface area contributed by atoms with E-state index in [-0.39, 0.29) is 11.8 Å². The Morgan fingerprint density at radius 3 is 2.73 bits per heavy atom. The van der Waals surface area contributed by atoms with E-state index in [4.69, 9.17) is 0 Å². The average Bonchev–Trinajstić information content (AvgIpc) is 3.31. The van der Waals surface area contributed by atoms with Crippen molar-refractivity contribution in [2.24, 2.45) is 0 Å². The molecule has 1 aliphatic rings. The molecule has 30 heavy (non-hydrogen) atoms. The van der Waals surface area contributed by atoms with E-state index in [0.717, 1.165) is 16.5 Å². The predicted octanol–water partition coefficient (Wildman–Crippen LogP) is 0.536. The zero-order chi connectivity index (χ0) is 21.8. The van der Waals surface area contributed by atoms with Gasteiger partial charge in [-0.25, -0.2) is 0 Å². The highest BCUT2D eigenvalue weighted by molar-refractivity contribution is 5.90. The molecule has 8 nitrogen and oxygen atoms in total. The topological polar surface area (TPSA) is 118 Å². The summed E-state index contributed by atoms with van der Waals surface area (Å²) >= 11 is 0. The van der Waals surface area contributed by atoms with Crippen LogP contribution in [0.15, 0.2) is 30.5 Å². The van der Waals surface area contributed by atoms with E-state index in [1.54, 1.807) is 11.9 Å². The van der Waals surface area contributed by atoms with Crippen LogP contribution in [0.5, 0.6) is 0 Å². The van der Waals surface area contributed by atoms with Gasteiger partial charge in [-0.1, -0.05) is 25.1 Å². The number of aliphatic hydroxyl groups excluding tert-OH is 2. The number of likely N-dealkylation sites (tertiary alicyclic amines) is 1. The van der Waals surface area contributed by atoms with Gasteiger partial charge in [0, 0.05) is 23.6 Å². The van der Waals surface area contributed by atoms with Crippen LogP contribution < -0.4 is 10.6 Å². The number of aliphatic hydroxyl groups is 2. The summed E-state index contributed by atoms with van der Waals surface area (Å²) in [5, 5.41) is 27.5. The second-order valence-corrected chi connectivity index (χ2v) is 7.99. The van der Waals surface area contributed by atoms with E-state index in [1.165, 1.54) is 6.92 Å². The molecular formula is C22H32N4O4. The van der Waals surface area contributed by atoms with Gasteiger partial charge in [0.2, 0.25) is 11.8 Å². The van der Waals surface area contributed by atoms with Gasteiger partial charge in [0.25, 0.3) is 0 Å². The number of benzene rings is 1. The third kappa shape index (κ3) is 4.50. The summed E-state index contributed by atoms with van der Waals surface area (Å²) in [5.74, 6) is -0.696. The largest absolute Gasteiger partial charge is 0.391 e. The molecule has 2 unspecified atom stereocenters. The molecule has 0 spiro atoms. The maximum absolute atomic E-state index is 13.3. The number of hydrogen-bond acceptors (Lipinski definition) is 5. The van der Waals surface area contributed by atoms with E-state index in [9.17, 15) is 19.8 Å². The molecule has 1 aromatic carbocycles. The quantitative estimate of drug-likeness (QED) is 0.430. The number of rotatable bonds is 8. The van der Waals surface area contributed by atoms with Crippen molar-refractivity contribution in [3.05, 3.63) is 36.0 Å². The number of carbonyl (C=O) groups is 2. The van der Waals surface area contributed by atoms with E-state index >= 15 is 0 Å². The minimum Gasteiger partial charge on any atom is -0.391 e. The van der Waals surface area contributed by atoms with Crippen LogP contribution in [-0.4, -0.2) is 75.8 Å². The summed E-state index contributed by atoms with van der Waals surface area (Å²) in [4.78, 5) is 30.6. The Morgan fingerprint density at radius 2 is 2.07 bits per heavy atom. The minimum atomic E-state index is -1.06. The zero-order valence-electron chi connectivity index (χ0n) is 17.8. The van der Waals surface area contributed by atoms with Gasteiger partial charge < -0.3 is 30.7 Å². The monoisotopic (exact) mass is 416 g/mol. The number of fused-ring (bicyclic) bond motifs is 1. The highest BCUT2D eigenvalue weighted by Gasteiger charge is 2.41. The van der Waals surface area contributed by atoms with Gasteiger partial charge in [-0.05, 0) is 44.9 Å². The maximum Gasteiger partial charge on any atom is 0.248 e. The summed E-state index contributed by atoms with van der Waals surface area (Å²) in [6, 6.07) is 5.99. The van der Waals surface area contributed by atoms with Crippen LogP contribution in [0, 0.1) is 0 Å². The number of H-pyrrole nitrogens is 1. The lowest BCUT2D eigenvalue weighted by Gasteiger charge is -2.32.